The molecule has 0 unspecified atom stereocenters. The van der Waals surface area contributed by atoms with Gasteiger partial charge in [-0.05, 0) is 11.5 Å². The molecule has 19 heavy (non-hydrogen) atoms. The summed E-state index contributed by atoms with van der Waals surface area (Å²) in [5.41, 5.74) is 0.211. The van der Waals surface area contributed by atoms with Gasteiger partial charge >= 0.3 is 5.63 Å². The van der Waals surface area contributed by atoms with E-state index in [1.165, 1.54) is 0 Å². The Labute approximate surface area is 107 Å². The first kappa shape index (κ1) is 10.6. The van der Waals surface area contributed by atoms with Crippen molar-refractivity contribution in [3.63, 3.8) is 0 Å². The highest BCUT2D eigenvalue weighted by atomic mass is 16.5. The molecule has 1 aromatic heterocycles. The van der Waals surface area contributed by atoms with E-state index in [0.717, 1.165) is 16.2 Å². The molecular formula is C15H10O4. The zero-order chi connectivity index (χ0) is 13.0. The van der Waals surface area contributed by atoms with Crippen LogP contribution in [0, 0.1) is 0 Å². The SMILES string of the molecule is O=c1oc2c(ccc3ccccc32)c2c1[C@H](O)CO2. The fraction of sp³-hybridized carbons (Fsp3) is 0.133. The fourth-order valence-electron chi connectivity index (χ4n) is 2.61. The second-order valence-corrected chi connectivity index (χ2v) is 4.62. The monoisotopic (exact) mass is 254 g/mol. The maximum Gasteiger partial charge on any atom is 0.346 e. The third-order valence-corrected chi connectivity index (χ3v) is 3.50. The Kier molecular flexibility index (Phi) is 2.00. The lowest BCUT2D eigenvalue weighted by Gasteiger charge is -2.06. The normalized spacial score (nSPS) is 17.6. The van der Waals surface area contributed by atoms with Gasteiger partial charge in [-0.15, -0.1) is 0 Å². The van der Waals surface area contributed by atoms with Crippen molar-refractivity contribution in [2.24, 2.45) is 0 Å². The van der Waals surface area contributed by atoms with Crippen LogP contribution >= 0.6 is 0 Å². The third kappa shape index (κ3) is 1.34. The zero-order valence-electron chi connectivity index (χ0n) is 9.92. The van der Waals surface area contributed by atoms with Crippen LogP contribution in [0.3, 0.4) is 0 Å². The van der Waals surface area contributed by atoms with E-state index in [0.29, 0.717) is 11.3 Å². The summed E-state index contributed by atoms with van der Waals surface area (Å²) in [6, 6.07) is 11.5. The van der Waals surface area contributed by atoms with Crippen molar-refractivity contribution in [1.29, 1.82) is 0 Å². The van der Waals surface area contributed by atoms with Crippen molar-refractivity contribution >= 4 is 21.7 Å². The van der Waals surface area contributed by atoms with Gasteiger partial charge in [-0.25, -0.2) is 4.79 Å². The maximum absolute atomic E-state index is 12.0. The van der Waals surface area contributed by atoms with E-state index < -0.39 is 11.7 Å². The predicted molar refractivity (Wildman–Crippen MR) is 70.4 cm³/mol. The van der Waals surface area contributed by atoms with Gasteiger partial charge in [0.15, 0.2) is 0 Å². The number of aliphatic hydroxyl groups excluding tert-OH is 1. The van der Waals surface area contributed by atoms with Gasteiger partial charge in [-0.2, -0.15) is 0 Å². The summed E-state index contributed by atoms with van der Waals surface area (Å²) in [6.45, 7) is 0.103. The van der Waals surface area contributed by atoms with E-state index in [4.69, 9.17) is 9.15 Å². The molecule has 0 aliphatic carbocycles. The Hall–Kier alpha value is -2.33. The molecule has 0 bridgehead atoms. The largest absolute Gasteiger partial charge is 0.489 e. The third-order valence-electron chi connectivity index (χ3n) is 3.50. The van der Waals surface area contributed by atoms with Gasteiger partial charge in [0.1, 0.15) is 29.6 Å². The lowest BCUT2D eigenvalue weighted by molar-refractivity contribution is 0.139. The number of fused-ring (bicyclic) bond motifs is 5. The molecule has 0 fully saturated rings. The van der Waals surface area contributed by atoms with Gasteiger partial charge in [-0.1, -0.05) is 30.3 Å². The summed E-state index contributed by atoms with van der Waals surface area (Å²) in [6.07, 6.45) is -0.901. The van der Waals surface area contributed by atoms with Crippen molar-refractivity contribution in [3.8, 4) is 5.75 Å². The molecule has 0 spiro atoms. The van der Waals surface area contributed by atoms with E-state index in [-0.39, 0.29) is 12.2 Å². The molecule has 3 aromatic rings. The zero-order valence-corrected chi connectivity index (χ0v) is 9.92. The lowest BCUT2D eigenvalue weighted by Crippen LogP contribution is -2.09. The van der Waals surface area contributed by atoms with Crippen molar-refractivity contribution in [2.75, 3.05) is 6.61 Å². The first-order chi connectivity index (χ1) is 9.25. The fourth-order valence-corrected chi connectivity index (χ4v) is 2.61. The molecule has 0 saturated carbocycles. The summed E-state index contributed by atoms with van der Waals surface area (Å²) in [7, 11) is 0. The van der Waals surface area contributed by atoms with Gasteiger partial charge in [0.2, 0.25) is 0 Å². The van der Waals surface area contributed by atoms with Crippen LogP contribution in [0.4, 0.5) is 0 Å². The first-order valence-corrected chi connectivity index (χ1v) is 6.05. The number of rotatable bonds is 0. The maximum atomic E-state index is 12.0. The summed E-state index contributed by atoms with van der Waals surface area (Å²) in [4.78, 5) is 12.0. The van der Waals surface area contributed by atoms with E-state index in [1.807, 2.05) is 36.4 Å². The number of hydrogen-bond donors (Lipinski definition) is 1. The summed E-state index contributed by atoms with van der Waals surface area (Å²) < 4.78 is 10.8. The molecule has 2 aromatic carbocycles. The van der Waals surface area contributed by atoms with Gasteiger partial charge in [0.05, 0.1) is 5.39 Å². The minimum atomic E-state index is -0.901. The topological polar surface area (TPSA) is 59.7 Å². The van der Waals surface area contributed by atoms with E-state index in [1.54, 1.807) is 0 Å². The number of aliphatic hydroxyl groups is 1. The van der Waals surface area contributed by atoms with Crippen LogP contribution in [0.2, 0.25) is 0 Å². The Morgan fingerprint density at radius 2 is 1.95 bits per heavy atom. The summed E-state index contributed by atoms with van der Waals surface area (Å²) in [5.74, 6) is 0.449. The van der Waals surface area contributed by atoms with E-state index >= 15 is 0 Å². The van der Waals surface area contributed by atoms with Gasteiger partial charge in [0.25, 0.3) is 0 Å². The lowest BCUT2D eigenvalue weighted by atomic mass is 10.0. The summed E-state index contributed by atoms with van der Waals surface area (Å²) in [5, 5.41) is 12.3. The Bertz CT molecular complexity index is 863. The van der Waals surface area contributed by atoms with Crippen LogP contribution in [-0.2, 0) is 0 Å². The molecule has 4 nitrogen and oxygen atoms in total. The van der Waals surface area contributed by atoms with E-state index in [9.17, 15) is 9.90 Å². The minimum absolute atomic E-state index is 0.103. The number of benzene rings is 2. The Balaban J connectivity index is 2.24. The summed E-state index contributed by atoms with van der Waals surface area (Å²) >= 11 is 0. The average molecular weight is 254 g/mol. The molecule has 4 heteroatoms. The molecule has 0 radical (unpaired) electrons. The van der Waals surface area contributed by atoms with Crippen LogP contribution in [0.5, 0.6) is 5.75 Å². The molecule has 2 heterocycles. The van der Waals surface area contributed by atoms with Crippen molar-refractivity contribution in [1.82, 2.24) is 0 Å². The van der Waals surface area contributed by atoms with Gasteiger partial charge in [0, 0.05) is 5.39 Å². The van der Waals surface area contributed by atoms with Crippen LogP contribution in [-0.4, -0.2) is 11.7 Å². The first-order valence-electron chi connectivity index (χ1n) is 6.05. The minimum Gasteiger partial charge on any atom is -0.489 e. The second kappa shape index (κ2) is 3.59. The molecule has 94 valence electrons. The Morgan fingerprint density at radius 3 is 2.84 bits per heavy atom. The Morgan fingerprint density at radius 1 is 1.11 bits per heavy atom. The smallest absolute Gasteiger partial charge is 0.346 e. The molecule has 0 saturated heterocycles. The van der Waals surface area contributed by atoms with Gasteiger partial charge in [-0.3, -0.25) is 0 Å². The van der Waals surface area contributed by atoms with Crippen LogP contribution in [0.15, 0.2) is 45.6 Å². The molecular weight excluding hydrogens is 244 g/mol. The molecule has 1 aliphatic rings. The molecule has 0 amide bonds. The van der Waals surface area contributed by atoms with E-state index in [2.05, 4.69) is 0 Å². The molecule has 1 atom stereocenters. The highest BCUT2D eigenvalue weighted by Gasteiger charge is 2.29. The predicted octanol–water partition coefficient (Wildman–Crippen LogP) is 2.37. The van der Waals surface area contributed by atoms with Crippen molar-refractivity contribution < 1.29 is 14.3 Å². The van der Waals surface area contributed by atoms with Crippen molar-refractivity contribution in [3.05, 3.63) is 52.4 Å². The highest BCUT2D eigenvalue weighted by molar-refractivity contribution is 6.06. The van der Waals surface area contributed by atoms with Crippen molar-refractivity contribution in [2.45, 2.75) is 6.10 Å². The molecule has 1 N–H and O–H groups in total. The molecule has 1 aliphatic heterocycles. The average Bonchev–Trinajstić information content (AvgIpc) is 2.82. The second-order valence-electron chi connectivity index (χ2n) is 4.62. The standard InChI is InChI=1S/C15H10O4/c16-11-7-18-14-10-6-5-8-3-1-2-4-9(8)13(10)19-15(17)12(11)14/h1-6,11,16H,7H2/t11-/m1/s1. The van der Waals surface area contributed by atoms with Gasteiger partial charge < -0.3 is 14.3 Å². The number of ether oxygens (including phenoxy) is 1. The molecule has 4 rings (SSSR count). The van der Waals surface area contributed by atoms with Crippen LogP contribution in [0.25, 0.3) is 21.7 Å². The number of hydrogen-bond acceptors (Lipinski definition) is 4. The quantitative estimate of drug-likeness (QED) is 0.494. The van der Waals surface area contributed by atoms with Crippen LogP contribution < -0.4 is 10.4 Å². The highest BCUT2D eigenvalue weighted by Crippen LogP contribution is 2.38. The van der Waals surface area contributed by atoms with Crippen LogP contribution in [0.1, 0.15) is 11.7 Å².